The summed E-state index contributed by atoms with van der Waals surface area (Å²) in [5.41, 5.74) is 0. The van der Waals surface area contributed by atoms with Crippen LogP contribution in [-0.2, 0) is 25.0 Å². The molecule has 0 spiro atoms. The Kier molecular flexibility index (Phi) is 14.2. The fourth-order valence-corrected chi connectivity index (χ4v) is 0. The van der Waals surface area contributed by atoms with Gasteiger partial charge in [0.25, 0.3) is 0 Å². The molecule has 0 heterocycles. The molecule has 0 saturated carbocycles. The summed E-state index contributed by atoms with van der Waals surface area (Å²) < 4.78 is 16.3. The fraction of sp³-hybridized carbons (Fsp3) is 1.00. The van der Waals surface area contributed by atoms with Crippen molar-refractivity contribution in [2.45, 2.75) is 20.3 Å². The number of hydrogen-bond donors (Lipinski definition) is 1. The highest BCUT2D eigenvalue weighted by Crippen LogP contribution is 1.56. The molecule has 2 nitrogen and oxygen atoms in total. The SMILES string of the molecule is CCC.O=[S-](O)=S. The molecule has 4 heteroatoms. The third kappa shape index (κ3) is 1090. The minimum absolute atomic E-state index is 1.25. The Hall–Kier alpha value is 0.330. The fourth-order valence-electron chi connectivity index (χ4n) is 0. The van der Waals surface area contributed by atoms with Gasteiger partial charge in [0.2, 0.25) is 0 Å². The molecule has 0 fully saturated rings. The van der Waals surface area contributed by atoms with E-state index in [4.69, 9.17) is 8.76 Å². The predicted octanol–water partition coefficient (Wildman–Crippen LogP) is 1.30. The Labute approximate surface area is 50.5 Å². The summed E-state index contributed by atoms with van der Waals surface area (Å²) in [4.78, 5) is 0. The average Bonchev–Trinajstić information content (AvgIpc) is 1.33. The smallest absolute Gasteiger partial charge is 0.0590 e. The zero-order valence-corrected chi connectivity index (χ0v) is 6.01. The van der Waals surface area contributed by atoms with E-state index in [0.717, 1.165) is 0 Å². The zero-order valence-electron chi connectivity index (χ0n) is 4.38. The largest absolute Gasteiger partial charge is 0.459 e. The van der Waals surface area contributed by atoms with Crippen LogP contribution in [0.3, 0.4) is 0 Å². The van der Waals surface area contributed by atoms with Crippen molar-refractivity contribution in [3.8, 4) is 0 Å². The second-order valence-electron chi connectivity index (χ2n) is 0.924. The van der Waals surface area contributed by atoms with Gasteiger partial charge in [-0.25, -0.2) is 11.2 Å². The van der Waals surface area contributed by atoms with Crippen LogP contribution in [0.25, 0.3) is 0 Å². The van der Waals surface area contributed by atoms with Crippen molar-refractivity contribution in [3.63, 3.8) is 0 Å². The van der Waals surface area contributed by atoms with Gasteiger partial charge in [-0.15, -0.1) is 0 Å². The maximum Gasteiger partial charge on any atom is -0.0590 e. The minimum atomic E-state index is -2.03. The normalized spacial score (nSPS) is 7.43. The highest BCUT2D eigenvalue weighted by molar-refractivity contribution is 8.18. The van der Waals surface area contributed by atoms with E-state index in [2.05, 4.69) is 25.0 Å². The van der Waals surface area contributed by atoms with E-state index in [1.165, 1.54) is 6.42 Å². The molecule has 0 amide bonds. The zero-order chi connectivity index (χ0) is 6.28. The van der Waals surface area contributed by atoms with Crippen LogP contribution >= 0.6 is 0 Å². The molecule has 1 N–H and O–H groups in total. The quantitative estimate of drug-likeness (QED) is 0.408. The molecule has 0 rings (SSSR count). The van der Waals surface area contributed by atoms with E-state index in [9.17, 15) is 0 Å². The summed E-state index contributed by atoms with van der Waals surface area (Å²) >= 11 is 3.65. The molecule has 0 radical (unpaired) electrons. The summed E-state index contributed by atoms with van der Waals surface area (Å²) in [5.74, 6) is 0. The summed E-state index contributed by atoms with van der Waals surface area (Å²) in [6.07, 6.45) is 1.25. The first kappa shape index (κ1) is 10.3. The van der Waals surface area contributed by atoms with Gasteiger partial charge in [-0.05, 0) is 0 Å². The first-order chi connectivity index (χ1) is 3.15. The van der Waals surface area contributed by atoms with E-state index in [1.807, 2.05) is 0 Å². The molecule has 0 aromatic rings. The van der Waals surface area contributed by atoms with Gasteiger partial charge in [0, 0.05) is 0 Å². The van der Waals surface area contributed by atoms with Gasteiger partial charge in [-0.1, -0.05) is 29.9 Å². The Morgan fingerprint density at radius 3 is 1.71 bits per heavy atom. The molecule has 0 aliphatic carbocycles. The van der Waals surface area contributed by atoms with Crippen LogP contribution in [0.5, 0.6) is 0 Å². The van der Waals surface area contributed by atoms with Crippen LogP contribution in [-0.4, -0.2) is 4.55 Å². The third-order valence-corrected chi connectivity index (χ3v) is 0. The lowest BCUT2D eigenvalue weighted by Crippen LogP contribution is -1.51. The molecule has 0 aliphatic rings. The van der Waals surface area contributed by atoms with Gasteiger partial charge in [0.05, 0.1) is 0 Å². The Balaban J connectivity index is 0. The average molecular weight is 141 g/mol. The third-order valence-electron chi connectivity index (χ3n) is 0. The molecule has 0 aliphatic heterocycles. The predicted molar refractivity (Wildman–Crippen MR) is 34.0 cm³/mol. The second kappa shape index (κ2) is 9.59. The van der Waals surface area contributed by atoms with Gasteiger partial charge in [-0.3, -0.25) is 0 Å². The van der Waals surface area contributed by atoms with Crippen LogP contribution in [0.2, 0.25) is 0 Å². The van der Waals surface area contributed by atoms with E-state index >= 15 is 0 Å². The molecular formula is C3H9O2S2-. The molecule has 46 valence electrons. The first-order valence-corrected chi connectivity index (χ1v) is 3.96. The molecular weight excluding hydrogens is 132 g/mol. The van der Waals surface area contributed by atoms with E-state index in [-0.39, 0.29) is 0 Å². The van der Waals surface area contributed by atoms with Gasteiger partial charge in [-0.2, -0.15) is 0 Å². The van der Waals surface area contributed by atoms with Crippen LogP contribution in [0.4, 0.5) is 0 Å². The first-order valence-electron chi connectivity index (χ1n) is 1.93. The van der Waals surface area contributed by atoms with Crippen molar-refractivity contribution in [3.05, 3.63) is 0 Å². The molecule has 7 heavy (non-hydrogen) atoms. The molecule has 0 aromatic carbocycles. The topological polar surface area (TPSA) is 37.3 Å². The number of hydrogen-bond acceptors (Lipinski definition) is 3. The van der Waals surface area contributed by atoms with Crippen molar-refractivity contribution < 1.29 is 8.76 Å². The molecule has 0 saturated heterocycles. The Morgan fingerprint density at radius 1 is 1.71 bits per heavy atom. The van der Waals surface area contributed by atoms with Gasteiger partial charge in [0.15, 0.2) is 0 Å². The summed E-state index contributed by atoms with van der Waals surface area (Å²) in [6, 6.07) is 0. The maximum absolute atomic E-state index is 8.93. The summed E-state index contributed by atoms with van der Waals surface area (Å²) in [7, 11) is -2.03. The van der Waals surface area contributed by atoms with Crippen LogP contribution in [0.1, 0.15) is 20.3 Å². The lowest BCUT2D eigenvalue weighted by atomic mass is 10.6. The van der Waals surface area contributed by atoms with E-state index in [1.54, 1.807) is 0 Å². The lowest BCUT2D eigenvalue weighted by Gasteiger charge is -1.66. The monoisotopic (exact) mass is 141 g/mol. The summed E-state index contributed by atoms with van der Waals surface area (Å²) in [6.45, 7) is 4.25. The van der Waals surface area contributed by atoms with Crippen molar-refractivity contribution >= 4 is 20.8 Å². The van der Waals surface area contributed by atoms with Gasteiger partial charge < -0.3 is 8.76 Å². The van der Waals surface area contributed by atoms with E-state index in [0.29, 0.717) is 0 Å². The van der Waals surface area contributed by atoms with Gasteiger partial charge >= 0.3 is 0 Å². The van der Waals surface area contributed by atoms with Gasteiger partial charge in [0.1, 0.15) is 0 Å². The van der Waals surface area contributed by atoms with Crippen molar-refractivity contribution in [1.82, 2.24) is 0 Å². The van der Waals surface area contributed by atoms with Crippen molar-refractivity contribution in [1.29, 1.82) is 0 Å². The van der Waals surface area contributed by atoms with Crippen LogP contribution < -0.4 is 0 Å². The lowest BCUT2D eigenvalue weighted by molar-refractivity contribution is 0.536. The molecule has 0 aromatic heterocycles. The van der Waals surface area contributed by atoms with E-state index < -0.39 is 9.64 Å². The molecule has 0 atom stereocenters. The second-order valence-corrected chi connectivity index (χ2v) is 2.21. The summed E-state index contributed by atoms with van der Waals surface area (Å²) in [5, 5.41) is 0. The number of rotatable bonds is 0. The Morgan fingerprint density at radius 2 is 1.71 bits per heavy atom. The van der Waals surface area contributed by atoms with Crippen LogP contribution in [0.15, 0.2) is 0 Å². The Bertz CT molecular complexity index is 69.0. The van der Waals surface area contributed by atoms with Crippen LogP contribution in [0, 0.1) is 0 Å². The van der Waals surface area contributed by atoms with Crippen molar-refractivity contribution in [2.24, 2.45) is 0 Å². The maximum atomic E-state index is 8.93. The van der Waals surface area contributed by atoms with Crippen molar-refractivity contribution in [2.75, 3.05) is 0 Å². The molecule has 0 bridgehead atoms. The standard InChI is InChI=1S/C3H8.HO2S2/c1-3-2;1-4(2)3/h3H2,1-2H3;(H,1,2,3)/q;-1. The minimum Gasteiger partial charge on any atom is -0.459 e. The highest BCUT2D eigenvalue weighted by Gasteiger charge is 1.35. The molecule has 0 unspecified atom stereocenters. The highest BCUT2D eigenvalue weighted by atomic mass is 32.8.